The topological polar surface area (TPSA) is 80.8 Å². The Morgan fingerprint density at radius 1 is 1.12 bits per heavy atom. The molecule has 1 atom stereocenters. The Labute approximate surface area is 150 Å². The highest BCUT2D eigenvalue weighted by Crippen LogP contribution is 2.28. The molecule has 1 aromatic rings. The second-order valence-corrected chi connectivity index (χ2v) is 10.9. The number of rotatable bonds is 6. The first kappa shape index (κ1) is 18.7. The third-order valence-corrected chi connectivity index (χ3v) is 8.75. The van der Waals surface area contributed by atoms with Crippen LogP contribution < -0.4 is 4.74 Å². The van der Waals surface area contributed by atoms with Crippen molar-refractivity contribution in [2.24, 2.45) is 0 Å². The molecule has 1 unspecified atom stereocenters. The molecule has 25 heavy (non-hydrogen) atoms. The molecule has 3 rings (SSSR count). The molecule has 0 N–H and O–H groups in total. The smallest absolute Gasteiger partial charge is 0.243 e. The summed E-state index contributed by atoms with van der Waals surface area (Å²) in [5.74, 6) is 0.637. The van der Waals surface area contributed by atoms with Gasteiger partial charge in [-0.1, -0.05) is 6.92 Å². The quantitative estimate of drug-likeness (QED) is 0.747. The zero-order valence-electron chi connectivity index (χ0n) is 14.4. The predicted octanol–water partition coefficient (Wildman–Crippen LogP) is 2.21. The maximum Gasteiger partial charge on any atom is 0.243 e. The molecule has 1 aromatic carbocycles. The molecule has 1 saturated carbocycles. The van der Waals surface area contributed by atoms with Crippen molar-refractivity contribution >= 4 is 19.9 Å². The summed E-state index contributed by atoms with van der Waals surface area (Å²) in [6, 6.07) is 5.99. The van der Waals surface area contributed by atoms with Crippen LogP contribution >= 0.6 is 0 Å². The minimum atomic E-state index is -3.72. The minimum Gasteiger partial charge on any atom is -0.490 e. The van der Waals surface area contributed by atoms with Gasteiger partial charge in [0.05, 0.1) is 22.5 Å². The molecule has 1 saturated heterocycles. The standard InChI is InChI=1S/C17H25NO5S2/c1-2-18(14-11-12-24(19,20)13-14)25(21,22)17-9-7-16(8-10-17)23-15-5-3-4-6-15/h7-10,14-15H,2-6,11-13H2,1H3. The molecule has 0 amide bonds. The molecule has 0 radical (unpaired) electrons. The third kappa shape index (κ3) is 4.17. The largest absolute Gasteiger partial charge is 0.490 e. The molecule has 140 valence electrons. The van der Waals surface area contributed by atoms with Crippen LogP contribution in [0.3, 0.4) is 0 Å². The maximum atomic E-state index is 12.9. The fraction of sp³-hybridized carbons (Fsp3) is 0.647. The van der Waals surface area contributed by atoms with E-state index in [0.29, 0.717) is 12.2 Å². The Bertz CT molecular complexity index is 796. The molecule has 0 spiro atoms. The predicted molar refractivity (Wildman–Crippen MR) is 96.0 cm³/mol. The van der Waals surface area contributed by atoms with Gasteiger partial charge in [-0.2, -0.15) is 4.31 Å². The van der Waals surface area contributed by atoms with Gasteiger partial charge in [-0.05, 0) is 56.4 Å². The van der Waals surface area contributed by atoms with Crippen molar-refractivity contribution in [3.05, 3.63) is 24.3 Å². The summed E-state index contributed by atoms with van der Waals surface area (Å²) in [5.41, 5.74) is 0. The first-order valence-electron chi connectivity index (χ1n) is 8.81. The van der Waals surface area contributed by atoms with E-state index in [1.54, 1.807) is 31.2 Å². The highest BCUT2D eigenvalue weighted by molar-refractivity contribution is 7.92. The van der Waals surface area contributed by atoms with Crippen LogP contribution in [-0.2, 0) is 19.9 Å². The highest BCUT2D eigenvalue weighted by atomic mass is 32.2. The van der Waals surface area contributed by atoms with Gasteiger partial charge in [-0.25, -0.2) is 16.8 Å². The van der Waals surface area contributed by atoms with Gasteiger partial charge in [0.15, 0.2) is 9.84 Å². The lowest BCUT2D eigenvalue weighted by Gasteiger charge is -2.26. The molecule has 1 aliphatic carbocycles. The number of hydrogen-bond donors (Lipinski definition) is 0. The van der Waals surface area contributed by atoms with Crippen LogP contribution in [0.4, 0.5) is 0 Å². The van der Waals surface area contributed by atoms with Crippen LogP contribution in [-0.4, -0.2) is 51.3 Å². The Hall–Kier alpha value is -1.12. The van der Waals surface area contributed by atoms with Crippen LogP contribution in [0.25, 0.3) is 0 Å². The van der Waals surface area contributed by atoms with E-state index in [2.05, 4.69) is 0 Å². The fourth-order valence-electron chi connectivity index (χ4n) is 3.65. The molecule has 6 nitrogen and oxygen atoms in total. The number of ether oxygens (including phenoxy) is 1. The highest BCUT2D eigenvalue weighted by Gasteiger charge is 2.37. The van der Waals surface area contributed by atoms with Crippen LogP contribution in [0.15, 0.2) is 29.2 Å². The average molecular weight is 388 g/mol. The fourth-order valence-corrected chi connectivity index (χ4v) is 7.14. The van der Waals surface area contributed by atoms with E-state index in [-0.39, 0.29) is 29.0 Å². The van der Waals surface area contributed by atoms with E-state index in [0.717, 1.165) is 12.8 Å². The van der Waals surface area contributed by atoms with E-state index >= 15 is 0 Å². The lowest BCUT2D eigenvalue weighted by molar-refractivity contribution is 0.210. The number of hydrogen-bond acceptors (Lipinski definition) is 5. The van der Waals surface area contributed by atoms with Crippen molar-refractivity contribution in [3.8, 4) is 5.75 Å². The summed E-state index contributed by atoms with van der Waals surface area (Å²) in [6.07, 6.45) is 5.01. The van der Waals surface area contributed by atoms with Crippen molar-refractivity contribution in [3.63, 3.8) is 0 Å². The van der Waals surface area contributed by atoms with Crippen LogP contribution in [0, 0.1) is 0 Å². The summed E-state index contributed by atoms with van der Waals surface area (Å²) < 4.78 is 56.4. The second kappa shape index (κ2) is 7.25. The van der Waals surface area contributed by atoms with Crippen LogP contribution in [0.2, 0.25) is 0 Å². The molecule has 1 heterocycles. The van der Waals surface area contributed by atoms with E-state index in [1.165, 1.54) is 17.1 Å². The van der Waals surface area contributed by atoms with E-state index < -0.39 is 25.9 Å². The normalized spacial score (nSPS) is 24.0. The number of sulfonamides is 1. The van der Waals surface area contributed by atoms with Gasteiger partial charge >= 0.3 is 0 Å². The number of nitrogens with zero attached hydrogens (tertiary/aromatic N) is 1. The summed E-state index contributed by atoms with van der Waals surface area (Å²) in [7, 11) is -6.85. The molecule has 0 bridgehead atoms. The SMILES string of the molecule is CCN(C1CCS(=O)(=O)C1)S(=O)(=O)c1ccc(OC2CCCC2)cc1. The monoisotopic (exact) mass is 387 g/mol. The van der Waals surface area contributed by atoms with Gasteiger partial charge in [-0.15, -0.1) is 0 Å². The molecule has 1 aliphatic heterocycles. The van der Waals surface area contributed by atoms with Gasteiger partial charge in [0.1, 0.15) is 5.75 Å². The molecular formula is C17H25NO5S2. The van der Waals surface area contributed by atoms with E-state index in [1.807, 2.05) is 0 Å². The molecule has 0 aromatic heterocycles. The van der Waals surface area contributed by atoms with Crippen LogP contribution in [0.5, 0.6) is 5.75 Å². The maximum absolute atomic E-state index is 12.9. The summed E-state index contributed by atoms with van der Waals surface area (Å²) >= 11 is 0. The zero-order valence-corrected chi connectivity index (χ0v) is 16.1. The third-order valence-electron chi connectivity index (χ3n) is 4.96. The van der Waals surface area contributed by atoms with Crippen LogP contribution in [0.1, 0.15) is 39.0 Å². The minimum absolute atomic E-state index is 0.0534. The number of sulfone groups is 1. The number of benzene rings is 1. The van der Waals surface area contributed by atoms with Crippen molar-refractivity contribution < 1.29 is 21.6 Å². The summed E-state index contributed by atoms with van der Waals surface area (Å²) in [6.45, 7) is 1.99. The van der Waals surface area contributed by atoms with E-state index in [4.69, 9.17) is 4.74 Å². The Morgan fingerprint density at radius 3 is 2.28 bits per heavy atom. The van der Waals surface area contributed by atoms with Crippen molar-refractivity contribution in [2.75, 3.05) is 18.1 Å². The van der Waals surface area contributed by atoms with Gasteiger partial charge in [0.2, 0.25) is 10.0 Å². The summed E-state index contributed by atoms with van der Waals surface area (Å²) in [5, 5.41) is 0. The lowest BCUT2D eigenvalue weighted by Crippen LogP contribution is -2.40. The average Bonchev–Trinajstić information content (AvgIpc) is 3.18. The Kier molecular flexibility index (Phi) is 5.41. The summed E-state index contributed by atoms with van der Waals surface area (Å²) in [4.78, 5) is 0.178. The van der Waals surface area contributed by atoms with Gasteiger partial charge in [0, 0.05) is 12.6 Å². The first-order chi connectivity index (χ1) is 11.8. The van der Waals surface area contributed by atoms with E-state index in [9.17, 15) is 16.8 Å². The zero-order chi connectivity index (χ0) is 18.1. The molecule has 2 fully saturated rings. The Morgan fingerprint density at radius 2 is 1.76 bits per heavy atom. The van der Waals surface area contributed by atoms with Crippen molar-refractivity contribution in [2.45, 2.75) is 56.1 Å². The van der Waals surface area contributed by atoms with Crippen molar-refractivity contribution in [1.29, 1.82) is 0 Å². The molecular weight excluding hydrogens is 362 g/mol. The van der Waals surface area contributed by atoms with Gasteiger partial charge in [0.25, 0.3) is 0 Å². The Balaban J connectivity index is 1.76. The van der Waals surface area contributed by atoms with Gasteiger partial charge < -0.3 is 4.74 Å². The second-order valence-electron chi connectivity index (χ2n) is 6.76. The van der Waals surface area contributed by atoms with Gasteiger partial charge in [-0.3, -0.25) is 0 Å². The molecule has 8 heteroatoms. The molecule has 2 aliphatic rings. The first-order valence-corrected chi connectivity index (χ1v) is 12.1. The lowest BCUT2D eigenvalue weighted by atomic mass is 10.3. The van der Waals surface area contributed by atoms with Crippen molar-refractivity contribution in [1.82, 2.24) is 4.31 Å².